The second-order valence-corrected chi connectivity index (χ2v) is 4.54. The number of halogens is 2. The molecule has 0 aliphatic carbocycles. The molecule has 0 amide bonds. The molecule has 3 aromatic heterocycles. The van der Waals surface area contributed by atoms with Crippen LogP contribution in [0, 0.1) is 5.82 Å². The molecule has 6 nitrogen and oxygen atoms in total. The highest BCUT2D eigenvalue weighted by Crippen LogP contribution is 2.25. The van der Waals surface area contributed by atoms with Crippen LogP contribution < -0.4 is 0 Å². The topological polar surface area (TPSA) is 71.8 Å². The Morgan fingerprint density at radius 3 is 2.75 bits per heavy atom. The second kappa shape index (κ2) is 3.97. The standard InChI is InChI=1S/C12H6ClFN6/c13-12-16-9-8(5-15-17-9)11-19-18-10(20(11)12)6-1-3-7(14)4-2-6/h1-5H,(H,15,17). The van der Waals surface area contributed by atoms with E-state index in [1.165, 1.54) is 12.1 Å². The van der Waals surface area contributed by atoms with Crippen LogP contribution >= 0.6 is 11.6 Å². The Hall–Kier alpha value is -2.54. The molecular formula is C12H6ClFN6. The van der Waals surface area contributed by atoms with Crippen LogP contribution in [0.3, 0.4) is 0 Å². The first-order valence-electron chi connectivity index (χ1n) is 5.74. The molecule has 0 bridgehead atoms. The number of aromatic nitrogens is 6. The molecule has 0 unspecified atom stereocenters. The van der Waals surface area contributed by atoms with Gasteiger partial charge in [0.15, 0.2) is 17.1 Å². The van der Waals surface area contributed by atoms with E-state index in [1.807, 2.05) is 0 Å². The van der Waals surface area contributed by atoms with Crippen LogP contribution in [0.25, 0.3) is 28.1 Å². The fourth-order valence-electron chi connectivity index (χ4n) is 2.09. The lowest BCUT2D eigenvalue weighted by atomic mass is 10.2. The molecule has 0 spiro atoms. The lowest BCUT2D eigenvalue weighted by Crippen LogP contribution is -1.95. The average Bonchev–Trinajstić information content (AvgIpc) is 3.05. The minimum Gasteiger partial charge on any atom is -0.261 e. The highest BCUT2D eigenvalue weighted by Gasteiger charge is 2.16. The smallest absolute Gasteiger partial charge is 0.212 e. The van der Waals surface area contributed by atoms with E-state index in [0.717, 1.165) is 5.39 Å². The van der Waals surface area contributed by atoms with Gasteiger partial charge in [-0.25, -0.2) is 8.79 Å². The summed E-state index contributed by atoms with van der Waals surface area (Å²) < 4.78 is 14.6. The first-order valence-corrected chi connectivity index (χ1v) is 6.11. The molecule has 0 saturated carbocycles. The van der Waals surface area contributed by atoms with E-state index >= 15 is 0 Å². The number of nitrogens with one attached hydrogen (secondary N) is 1. The van der Waals surface area contributed by atoms with Gasteiger partial charge in [0.1, 0.15) is 5.82 Å². The van der Waals surface area contributed by atoms with Gasteiger partial charge < -0.3 is 0 Å². The molecule has 0 radical (unpaired) electrons. The molecule has 0 aliphatic rings. The van der Waals surface area contributed by atoms with Gasteiger partial charge in [0.2, 0.25) is 5.28 Å². The van der Waals surface area contributed by atoms with Crippen LogP contribution in [-0.2, 0) is 0 Å². The van der Waals surface area contributed by atoms with Crippen molar-refractivity contribution in [3.05, 3.63) is 41.6 Å². The number of nitrogens with zero attached hydrogens (tertiary/aromatic N) is 5. The zero-order valence-corrected chi connectivity index (χ0v) is 10.6. The largest absolute Gasteiger partial charge is 0.261 e. The Kier molecular flexibility index (Phi) is 2.25. The maximum Gasteiger partial charge on any atom is 0.212 e. The number of benzene rings is 1. The minimum atomic E-state index is -0.316. The van der Waals surface area contributed by atoms with Crippen molar-refractivity contribution in [2.75, 3.05) is 0 Å². The molecule has 0 saturated heterocycles. The predicted molar refractivity (Wildman–Crippen MR) is 70.8 cm³/mol. The lowest BCUT2D eigenvalue weighted by Gasteiger charge is -2.02. The molecule has 4 aromatic rings. The number of H-pyrrole nitrogens is 1. The highest BCUT2D eigenvalue weighted by molar-refractivity contribution is 6.29. The molecule has 0 atom stereocenters. The molecule has 4 rings (SSSR count). The Morgan fingerprint density at radius 1 is 1.15 bits per heavy atom. The molecule has 3 heterocycles. The fourth-order valence-corrected chi connectivity index (χ4v) is 2.33. The summed E-state index contributed by atoms with van der Waals surface area (Å²) in [6, 6.07) is 5.94. The van der Waals surface area contributed by atoms with Crippen molar-refractivity contribution < 1.29 is 4.39 Å². The van der Waals surface area contributed by atoms with Gasteiger partial charge in [-0.1, -0.05) is 0 Å². The third-order valence-electron chi connectivity index (χ3n) is 3.01. The van der Waals surface area contributed by atoms with Crippen molar-refractivity contribution in [1.29, 1.82) is 0 Å². The van der Waals surface area contributed by atoms with Crippen LogP contribution in [0.1, 0.15) is 0 Å². The maximum absolute atomic E-state index is 13.0. The zero-order chi connectivity index (χ0) is 13.7. The number of hydrogen-bond acceptors (Lipinski definition) is 4. The first-order chi connectivity index (χ1) is 9.74. The summed E-state index contributed by atoms with van der Waals surface area (Å²) in [5, 5.41) is 15.8. The summed E-state index contributed by atoms with van der Waals surface area (Å²) in [6.45, 7) is 0. The van der Waals surface area contributed by atoms with Crippen LogP contribution in [0.2, 0.25) is 5.28 Å². The summed E-state index contributed by atoms with van der Waals surface area (Å²) in [4.78, 5) is 4.20. The number of fused-ring (bicyclic) bond motifs is 3. The van der Waals surface area contributed by atoms with Gasteiger partial charge in [-0.15, -0.1) is 10.2 Å². The number of rotatable bonds is 1. The van der Waals surface area contributed by atoms with Gasteiger partial charge >= 0.3 is 0 Å². The zero-order valence-electron chi connectivity index (χ0n) is 9.88. The van der Waals surface area contributed by atoms with Gasteiger partial charge in [-0.05, 0) is 35.9 Å². The molecule has 20 heavy (non-hydrogen) atoms. The van der Waals surface area contributed by atoms with Crippen LogP contribution in [0.4, 0.5) is 4.39 Å². The van der Waals surface area contributed by atoms with Crippen molar-refractivity contribution in [2.45, 2.75) is 0 Å². The third kappa shape index (κ3) is 1.50. The Bertz CT molecular complexity index is 926. The maximum atomic E-state index is 13.0. The molecular weight excluding hydrogens is 283 g/mol. The predicted octanol–water partition coefficient (Wildman–Crippen LogP) is 2.46. The van der Waals surface area contributed by atoms with Crippen LogP contribution in [-0.4, -0.2) is 29.8 Å². The summed E-state index contributed by atoms with van der Waals surface area (Å²) in [5.41, 5.74) is 1.79. The van der Waals surface area contributed by atoms with Crippen molar-refractivity contribution in [1.82, 2.24) is 29.8 Å². The van der Waals surface area contributed by atoms with Crippen molar-refractivity contribution >= 4 is 28.3 Å². The number of aromatic amines is 1. The lowest BCUT2D eigenvalue weighted by molar-refractivity contribution is 0.628. The monoisotopic (exact) mass is 288 g/mol. The highest BCUT2D eigenvalue weighted by atomic mass is 35.5. The Balaban J connectivity index is 2.08. The van der Waals surface area contributed by atoms with Gasteiger partial charge in [0.25, 0.3) is 0 Å². The third-order valence-corrected chi connectivity index (χ3v) is 3.27. The molecule has 1 N–H and O–H groups in total. The van der Waals surface area contributed by atoms with Gasteiger partial charge in [-0.2, -0.15) is 10.1 Å². The first kappa shape index (κ1) is 11.3. The molecule has 1 aromatic carbocycles. The fraction of sp³-hybridized carbons (Fsp3) is 0. The van der Waals surface area contributed by atoms with E-state index in [-0.39, 0.29) is 11.1 Å². The molecule has 0 fully saturated rings. The summed E-state index contributed by atoms with van der Waals surface area (Å²) in [5.74, 6) is 0.185. The summed E-state index contributed by atoms with van der Waals surface area (Å²) in [7, 11) is 0. The second-order valence-electron chi connectivity index (χ2n) is 4.20. The molecule has 98 valence electrons. The van der Waals surface area contributed by atoms with Gasteiger partial charge in [-0.3, -0.25) is 5.10 Å². The van der Waals surface area contributed by atoms with Crippen LogP contribution in [0.5, 0.6) is 0 Å². The Morgan fingerprint density at radius 2 is 1.95 bits per heavy atom. The molecule has 0 aliphatic heterocycles. The van der Waals surface area contributed by atoms with Crippen molar-refractivity contribution in [3.63, 3.8) is 0 Å². The van der Waals surface area contributed by atoms with E-state index in [9.17, 15) is 4.39 Å². The van der Waals surface area contributed by atoms with E-state index in [1.54, 1.807) is 22.7 Å². The summed E-state index contributed by atoms with van der Waals surface area (Å²) in [6.07, 6.45) is 1.61. The SMILES string of the molecule is Fc1ccc(-c2nnc3c4cn[nH]c4nc(Cl)n23)cc1. The van der Waals surface area contributed by atoms with Gasteiger partial charge in [0.05, 0.1) is 11.6 Å². The van der Waals surface area contributed by atoms with Crippen molar-refractivity contribution in [3.8, 4) is 11.4 Å². The van der Waals surface area contributed by atoms with Crippen LogP contribution in [0.15, 0.2) is 30.5 Å². The quantitative estimate of drug-likeness (QED) is 0.546. The van der Waals surface area contributed by atoms with E-state index in [0.29, 0.717) is 22.7 Å². The molecule has 8 heteroatoms. The van der Waals surface area contributed by atoms with E-state index in [4.69, 9.17) is 11.6 Å². The van der Waals surface area contributed by atoms with Gasteiger partial charge in [0, 0.05) is 5.56 Å². The number of hydrogen-bond donors (Lipinski definition) is 1. The normalized spacial score (nSPS) is 11.5. The minimum absolute atomic E-state index is 0.209. The summed E-state index contributed by atoms with van der Waals surface area (Å²) >= 11 is 6.17. The van der Waals surface area contributed by atoms with E-state index < -0.39 is 0 Å². The van der Waals surface area contributed by atoms with Crippen molar-refractivity contribution in [2.24, 2.45) is 0 Å². The Labute approximate surface area is 116 Å². The average molecular weight is 289 g/mol. The van der Waals surface area contributed by atoms with E-state index in [2.05, 4.69) is 25.4 Å².